The first-order chi connectivity index (χ1) is 18.4. The van der Waals surface area contributed by atoms with Gasteiger partial charge in [-0.3, -0.25) is 14.4 Å². The van der Waals surface area contributed by atoms with Crippen LogP contribution in [0.3, 0.4) is 0 Å². The van der Waals surface area contributed by atoms with Crippen LogP contribution in [0.5, 0.6) is 0 Å². The van der Waals surface area contributed by atoms with Crippen LogP contribution >= 0.6 is 0 Å². The van der Waals surface area contributed by atoms with Gasteiger partial charge in [0.2, 0.25) is 5.91 Å². The Hall–Kier alpha value is -4.37. The zero-order valence-electron chi connectivity index (χ0n) is 20.4. The minimum absolute atomic E-state index is 0.0979. The quantitative estimate of drug-likeness (QED) is 0.428. The molecule has 0 saturated carbocycles. The molecule has 6 rings (SSSR count). The van der Waals surface area contributed by atoms with Crippen molar-refractivity contribution in [2.45, 2.75) is 19.2 Å². The molecule has 0 aliphatic carbocycles. The van der Waals surface area contributed by atoms with E-state index in [4.69, 9.17) is 0 Å². The fourth-order valence-electron chi connectivity index (χ4n) is 5.60. The third-order valence-corrected chi connectivity index (χ3v) is 7.56. The molecule has 2 saturated heterocycles. The summed E-state index contributed by atoms with van der Waals surface area (Å²) in [5, 5.41) is 18.7. The maximum Gasteiger partial charge on any atom is 0.272 e. The highest BCUT2D eigenvalue weighted by molar-refractivity contribution is 5.96. The van der Waals surface area contributed by atoms with Crippen LogP contribution < -0.4 is 5.56 Å². The van der Waals surface area contributed by atoms with Crippen molar-refractivity contribution >= 4 is 22.6 Å². The molecule has 3 unspecified atom stereocenters. The number of aliphatic hydroxyl groups is 1. The van der Waals surface area contributed by atoms with Gasteiger partial charge < -0.3 is 14.9 Å². The van der Waals surface area contributed by atoms with E-state index in [2.05, 4.69) is 10.2 Å². The van der Waals surface area contributed by atoms with Crippen molar-refractivity contribution < 1.29 is 19.1 Å². The summed E-state index contributed by atoms with van der Waals surface area (Å²) in [6.07, 6.45) is -0.726. The minimum Gasteiger partial charge on any atom is -0.373 e. The average Bonchev–Trinajstić information content (AvgIpc) is 3.47. The number of nitrogens with one attached hydrogen (secondary N) is 1. The Bertz CT molecular complexity index is 1610. The molecule has 2 N–H and O–H groups in total. The highest BCUT2D eigenvalue weighted by Crippen LogP contribution is 2.37. The smallest absolute Gasteiger partial charge is 0.272 e. The molecule has 8 nitrogen and oxygen atoms in total. The molecule has 0 radical (unpaired) electrons. The molecule has 38 heavy (non-hydrogen) atoms. The van der Waals surface area contributed by atoms with E-state index in [1.807, 2.05) is 36.4 Å². The number of benzene rings is 3. The van der Waals surface area contributed by atoms with Crippen LogP contribution in [-0.2, 0) is 17.8 Å². The van der Waals surface area contributed by atoms with Gasteiger partial charge in [0, 0.05) is 37.4 Å². The third kappa shape index (κ3) is 4.14. The molecule has 2 amide bonds. The predicted octanol–water partition coefficient (Wildman–Crippen LogP) is 2.70. The van der Waals surface area contributed by atoms with Gasteiger partial charge in [-0.05, 0) is 29.3 Å². The van der Waals surface area contributed by atoms with Crippen molar-refractivity contribution in [1.29, 1.82) is 0 Å². The van der Waals surface area contributed by atoms with Crippen molar-refractivity contribution in [2.24, 2.45) is 11.8 Å². The predicted molar refractivity (Wildman–Crippen MR) is 137 cm³/mol. The molecule has 0 bridgehead atoms. The molecule has 3 aromatic carbocycles. The Kier molecular flexibility index (Phi) is 6.00. The summed E-state index contributed by atoms with van der Waals surface area (Å²) >= 11 is 0. The molecule has 0 spiro atoms. The second kappa shape index (κ2) is 9.50. The molecule has 2 aliphatic rings. The summed E-state index contributed by atoms with van der Waals surface area (Å²) in [7, 11) is 0. The topological polar surface area (TPSA) is 107 Å². The first kappa shape index (κ1) is 24.0. The maximum atomic E-state index is 14.8. The number of nitrogens with zero attached hydrogens (tertiary/aromatic N) is 3. The first-order valence-corrected chi connectivity index (χ1v) is 12.5. The number of H-pyrrole nitrogens is 1. The van der Waals surface area contributed by atoms with E-state index in [-0.39, 0.29) is 36.5 Å². The van der Waals surface area contributed by atoms with Crippen LogP contribution in [0.15, 0.2) is 77.6 Å². The van der Waals surface area contributed by atoms with Crippen molar-refractivity contribution in [2.75, 3.05) is 13.1 Å². The molecule has 9 heteroatoms. The van der Waals surface area contributed by atoms with Gasteiger partial charge in [-0.15, -0.1) is 0 Å². The Labute approximate surface area is 217 Å². The van der Waals surface area contributed by atoms with Gasteiger partial charge in [0.25, 0.3) is 11.5 Å². The Balaban J connectivity index is 1.20. The lowest BCUT2D eigenvalue weighted by Gasteiger charge is -2.26. The Morgan fingerprint density at radius 2 is 1.71 bits per heavy atom. The summed E-state index contributed by atoms with van der Waals surface area (Å²) in [4.78, 5) is 41.4. The van der Waals surface area contributed by atoms with E-state index in [1.165, 1.54) is 21.9 Å². The number of aromatic nitrogens is 2. The van der Waals surface area contributed by atoms with Crippen LogP contribution in [0.25, 0.3) is 10.8 Å². The van der Waals surface area contributed by atoms with Gasteiger partial charge in [0.15, 0.2) is 0 Å². The van der Waals surface area contributed by atoms with Crippen molar-refractivity contribution in [1.82, 2.24) is 20.0 Å². The fourth-order valence-corrected chi connectivity index (χ4v) is 5.60. The molecule has 192 valence electrons. The lowest BCUT2D eigenvalue weighted by molar-refractivity contribution is -0.137. The monoisotopic (exact) mass is 512 g/mol. The number of hydrogen-bond acceptors (Lipinski definition) is 5. The molecule has 2 fully saturated rings. The summed E-state index contributed by atoms with van der Waals surface area (Å²) in [6.45, 7) is 0.587. The molecule has 3 atom stereocenters. The summed E-state index contributed by atoms with van der Waals surface area (Å²) in [5.41, 5.74) is 1.78. The van der Waals surface area contributed by atoms with Crippen molar-refractivity contribution in [3.8, 4) is 0 Å². The number of fused-ring (bicyclic) bond motifs is 2. The van der Waals surface area contributed by atoms with E-state index in [0.717, 1.165) is 5.56 Å². The lowest BCUT2D eigenvalue weighted by Crippen LogP contribution is -2.40. The average molecular weight is 513 g/mol. The zero-order valence-corrected chi connectivity index (χ0v) is 20.4. The van der Waals surface area contributed by atoms with Crippen LogP contribution in [-0.4, -0.2) is 56.2 Å². The number of rotatable bonds is 5. The second-order valence-electron chi connectivity index (χ2n) is 9.88. The molecule has 2 aliphatic heterocycles. The maximum absolute atomic E-state index is 14.8. The SMILES string of the molecule is O=C(c1cc(Cc2n[nH]c(=O)c3ccccc23)ccc1F)N1CC2C(=O)N(Cc3ccccc3)C(O)C2C1. The van der Waals surface area contributed by atoms with Crippen LogP contribution in [0, 0.1) is 17.7 Å². The van der Waals surface area contributed by atoms with Crippen molar-refractivity contribution in [3.05, 3.63) is 111 Å². The number of likely N-dealkylation sites (tertiary alicyclic amines) is 2. The minimum atomic E-state index is -1.01. The Morgan fingerprint density at radius 3 is 2.47 bits per heavy atom. The number of aromatic amines is 1. The second-order valence-corrected chi connectivity index (χ2v) is 9.88. The molecule has 4 aromatic rings. The lowest BCUT2D eigenvalue weighted by atomic mass is 9.99. The van der Waals surface area contributed by atoms with E-state index in [9.17, 15) is 23.9 Å². The number of aliphatic hydroxyl groups excluding tert-OH is 1. The van der Waals surface area contributed by atoms with Gasteiger partial charge in [-0.2, -0.15) is 5.10 Å². The van der Waals surface area contributed by atoms with Gasteiger partial charge in [0.05, 0.1) is 22.6 Å². The largest absolute Gasteiger partial charge is 0.373 e. The van der Waals surface area contributed by atoms with Crippen molar-refractivity contribution in [3.63, 3.8) is 0 Å². The third-order valence-electron chi connectivity index (χ3n) is 7.56. The number of hydrogen-bond donors (Lipinski definition) is 2. The van der Waals surface area contributed by atoms with Crippen LogP contribution in [0.2, 0.25) is 0 Å². The molecular formula is C29H25FN4O4. The van der Waals surface area contributed by atoms with Crippen LogP contribution in [0.1, 0.15) is 27.2 Å². The van der Waals surface area contributed by atoms with E-state index in [0.29, 0.717) is 28.6 Å². The van der Waals surface area contributed by atoms with Gasteiger partial charge in [-0.1, -0.05) is 54.6 Å². The van der Waals surface area contributed by atoms with E-state index in [1.54, 1.807) is 24.3 Å². The number of halogens is 1. The van der Waals surface area contributed by atoms with Crippen LogP contribution in [0.4, 0.5) is 4.39 Å². The number of carbonyl (C=O) groups is 2. The first-order valence-electron chi connectivity index (χ1n) is 12.5. The zero-order chi connectivity index (χ0) is 26.4. The number of carbonyl (C=O) groups excluding carboxylic acids is 2. The van der Waals surface area contributed by atoms with Gasteiger partial charge >= 0.3 is 0 Å². The molecule has 3 heterocycles. The Morgan fingerprint density at radius 1 is 0.974 bits per heavy atom. The highest BCUT2D eigenvalue weighted by Gasteiger charge is 2.53. The fraction of sp³-hybridized carbons (Fsp3) is 0.241. The van der Waals surface area contributed by atoms with Gasteiger partial charge in [-0.25, -0.2) is 9.49 Å². The summed E-state index contributed by atoms with van der Waals surface area (Å²) < 4.78 is 14.8. The normalized spacial score (nSPS) is 20.8. The van der Waals surface area contributed by atoms with E-state index < -0.39 is 29.8 Å². The van der Waals surface area contributed by atoms with Gasteiger partial charge in [0.1, 0.15) is 12.0 Å². The van der Waals surface area contributed by atoms with E-state index >= 15 is 0 Å². The number of amides is 2. The molecular weight excluding hydrogens is 487 g/mol. The molecule has 1 aromatic heterocycles. The summed E-state index contributed by atoms with van der Waals surface area (Å²) in [6, 6.07) is 20.8. The standard InChI is InChI=1S/C29H25FN4O4/c30-24-11-10-18(13-25-19-8-4-5-9-20(19)26(35)32-31-25)12-21(24)27(36)33-15-22-23(16-33)29(38)34(28(22)37)14-17-6-2-1-3-7-17/h1-12,22-23,28,37H,13-16H2,(H,32,35). The highest BCUT2D eigenvalue weighted by atomic mass is 19.1. The summed E-state index contributed by atoms with van der Waals surface area (Å²) in [5.74, 6) is -2.34.